The minimum absolute atomic E-state index is 0.0472. The van der Waals surface area contributed by atoms with E-state index in [1.807, 2.05) is 14.0 Å². The third kappa shape index (κ3) is 6.67. The largest absolute Gasteiger partial charge is 0.491 e. The smallest absolute Gasteiger partial charge is 0.323 e. The Balaban J connectivity index is 1.84. The summed E-state index contributed by atoms with van der Waals surface area (Å²) in [5, 5.41) is 4.84. The molecular formula is C25H32F2N4O4. The van der Waals surface area contributed by atoms with Crippen LogP contribution in [-0.4, -0.2) is 74.8 Å². The standard InChI is InChI=1S/C25H32F2N4O4/c1-15-12-30(3)16(2)14-35-22-11-18(7-8-19(22)24(32)31(4)13-23(15)34-5)28-25(33)29-21-10-17(26)6-9-20(21)27/h6-11,15-16,23H,12-14H2,1-5H3,(H2,28,29,33)/t15-,16+,23-/m0/s1. The second-order valence-corrected chi connectivity index (χ2v) is 8.95. The lowest BCUT2D eigenvalue weighted by Gasteiger charge is -2.34. The van der Waals surface area contributed by atoms with E-state index in [-0.39, 0.29) is 29.7 Å². The number of anilines is 2. The van der Waals surface area contributed by atoms with Crippen LogP contribution in [0, 0.1) is 17.6 Å². The number of carbonyl (C=O) groups is 2. The van der Waals surface area contributed by atoms with Crippen LogP contribution in [0.25, 0.3) is 0 Å². The third-order valence-corrected chi connectivity index (χ3v) is 6.19. The summed E-state index contributed by atoms with van der Waals surface area (Å²) in [5.74, 6) is -1.19. The predicted octanol–water partition coefficient (Wildman–Crippen LogP) is 4.04. The van der Waals surface area contributed by atoms with Crippen molar-refractivity contribution in [3.8, 4) is 5.75 Å². The van der Waals surface area contributed by atoms with Gasteiger partial charge in [0.05, 0.1) is 17.4 Å². The van der Waals surface area contributed by atoms with Gasteiger partial charge in [0.1, 0.15) is 24.0 Å². The summed E-state index contributed by atoms with van der Waals surface area (Å²) in [4.78, 5) is 29.4. The topological polar surface area (TPSA) is 83.1 Å². The number of amides is 3. The normalized spacial score (nSPS) is 21.9. The highest BCUT2D eigenvalue weighted by atomic mass is 19.1. The molecule has 0 spiro atoms. The fourth-order valence-corrected chi connectivity index (χ4v) is 3.91. The van der Waals surface area contributed by atoms with Crippen molar-refractivity contribution >= 4 is 23.3 Å². The van der Waals surface area contributed by atoms with Crippen LogP contribution in [0.3, 0.4) is 0 Å². The highest BCUT2D eigenvalue weighted by Gasteiger charge is 2.27. The molecule has 3 rings (SSSR count). The van der Waals surface area contributed by atoms with Crippen molar-refractivity contribution in [2.24, 2.45) is 5.92 Å². The molecule has 0 aliphatic carbocycles. The number of hydrogen-bond donors (Lipinski definition) is 2. The molecule has 190 valence electrons. The minimum Gasteiger partial charge on any atom is -0.491 e. The highest BCUT2D eigenvalue weighted by molar-refractivity contribution is 6.01. The first-order chi connectivity index (χ1) is 16.6. The molecule has 3 atom stereocenters. The van der Waals surface area contributed by atoms with Crippen LogP contribution in [-0.2, 0) is 4.74 Å². The molecule has 0 bridgehead atoms. The summed E-state index contributed by atoms with van der Waals surface area (Å²) in [5.41, 5.74) is 0.373. The maximum absolute atomic E-state index is 13.9. The Kier molecular flexibility index (Phi) is 8.63. The summed E-state index contributed by atoms with van der Waals surface area (Å²) in [7, 11) is 5.35. The maximum Gasteiger partial charge on any atom is 0.323 e. The number of hydrogen-bond acceptors (Lipinski definition) is 5. The Labute approximate surface area is 204 Å². The van der Waals surface area contributed by atoms with Crippen LogP contribution in [0.4, 0.5) is 25.0 Å². The zero-order chi connectivity index (χ0) is 25.7. The van der Waals surface area contributed by atoms with Gasteiger partial charge in [0.2, 0.25) is 0 Å². The number of carbonyl (C=O) groups excluding carboxylic acids is 2. The molecule has 2 aromatic carbocycles. The molecule has 0 saturated carbocycles. The minimum atomic E-state index is -0.768. The van der Waals surface area contributed by atoms with Gasteiger partial charge in [-0.1, -0.05) is 6.92 Å². The lowest BCUT2D eigenvalue weighted by Crippen LogP contribution is -2.45. The van der Waals surface area contributed by atoms with Crippen LogP contribution in [0.2, 0.25) is 0 Å². The summed E-state index contributed by atoms with van der Waals surface area (Å²) in [6.45, 7) is 5.59. The zero-order valence-electron chi connectivity index (χ0n) is 20.6. The van der Waals surface area contributed by atoms with Crippen LogP contribution in [0.1, 0.15) is 24.2 Å². The van der Waals surface area contributed by atoms with Gasteiger partial charge in [-0.05, 0) is 44.2 Å². The monoisotopic (exact) mass is 490 g/mol. The fourth-order valence-electron chi connectivity index (χ4n) is 3.91. The number of rotatable bonds is 3. The Morgan fingerprint density at radius 2 is 1.83 bits per heavy atom. The van der Waals surface area contributed by atoms with E-state index < -0.39 is 17.7 Å². The van der Waals surface area contributed by atoms with Gasteiger partial charge in [0, 0.05) is 51.1 Å². The van der Waals surface area contributed by atoms with Crippen LogP contribution in [0.15, 0.2) is 36.4 Å². The molecule has 35 heavy (non-hydrogen) atoms. The first-order valence-corrected chi connectivity index (χ1v) is 11.4. The number of halogens is 2. The number of urea groups is 1. The van der Waals surface area contributed by atoms with Crippen molar-refractivity contribution in [2.75, 3.05) is 51.5 Å². The molecule has 0 saturated heterocycles. The second-order valence-electron chi connectivity index (χ2n) is 8.95. The van der Waals surface area contributed by atoms with E-state index >= 15 is 0 Å². The number of fused-ring (bicyclic) bond motifs is 1. The molecular weight excluding hydrogens is 458 g/mol. The van der Waals surface area contributed by atoms with E-state index in [0.29, 0.717) is 30.2 Å². The van der Waals surface area contributed by atoms with Gasteiger partial charge in [-0.2, -0.15) is 0 Å². The van der Waals surface area contributed by atoms with Crippen LogP contribution >= 0.6 is 0 Å². The molecule has 8 nitrogen and oxygen atoms in total. The molecule has 1 heterocycles. The number of nitrogens with one attached hydrogen (secondary N) is 2. The SMILES string of the molecule is CO[C@H]1CN(C)C(=O)c2ccc(NC(=O)Nc3cc(F)ccc3F)cc2OC[C@@H](C)N(C)C[C@@H]1C. The van der Waals surface area contributed by atoms with Crippen LogP contribution < -0.4 is 15.4 Å². The number of methoxy groups -OCH3 is 1. The van der Waals surface area contributed by atoms with Crippen molar-refractivity contribution in [3.05, 3.63) is 53.6 Å². The quantitative estimate of drug-likeness (QED) is 0.679. The van der Waals surface area contributed by atoms with Crippen LogP contribution in [0.5, 0.6) is 5.75 Å². The summed E-state index contributed by atoms with van der Waals surface area (Å²) in [6.07, 6.45) is -0.143. The number of nitrogens with zero attached hydrogens (tertiary/aromatic N) is 2. The number of ether oxygens (including phenoxy) is 2. The third-order valence-electron chi connectivity index (χ3n) is 6.19. The molecule has 0 fully saturated rings. The average Bonchev–Trinajstić information content (AvgIpc) is 2.81. The van der Waals surface area contributed by atoms with Gasteiger partial charge in [0.15, 0.2) is 0 Å². The Morgan fingerprint density at radius 3 is 2.54 bits per heavy atom. The molecule has 0 radical (unpaired) electrons. The molecule has 1 aliphatic rings. The number of benzene rings is 2. The highest BCUT2D eigenvalue weighted by Crippen LogP contribution is 2.27. The van der Waals surface area contributed by atoms with E-state index in [4.69, 9.17) is 9.47 Å². The van der Waals surface area contributed by atoms with Crippen molar-refractivity contribution in [1.29, 1.82) is 0 Å². The second kappa shape index (κ2) is 11.5. The molecule has 2 aromatic rings. The van der Waals surface area contributed by atoms with E-state index in [9.17, 15) is 18.4 Å². The van der Waals surface area contributed by atoms with Crippen molar-refractivity contribution in [1.82, 2.24) is 9.80 Å². The molecule has 1 aliphatic heterocycles. The lowest BCUT2D eigenvalue weighted by molar-refractivity contribution is 0.0150. The first-order valence-electron chi connectivity index (χ1n) is 11.4. The lowest BCUT2D eigenvalue weighted by atomic mass is 10.0. The van der Waals surface area contributed by atoms with Crippen molar-refractivity contribution in [3.63, 3.8) is 0 Å². The van der Waals surface area contributed by atoms with Crippen molar-refractivity contribution < 1.29 is 27.8 Å². The summed E-state index contributed by atoms with van der Waals surface area (Å²) < 4.78 is 38.9. The molecule has 3 amide bonds. The van der Waals surface area contributed by atoms with Gasteiger partial charge >= 0.3 is 6.03 Å². The Morgan fingerprint density at radius 1 is 1.09 bits per heavy atom. The molecule has 0 aromatic heterocycles. The van der Waals surface area contributed by atoms with Gasteiger partial charge in [-0.25, -0.2) is 13.6 Å². The van der Waals surface area contributed by atoms with E-state index in [1.54, 1.807) is 31.2 Å². The first kappa shape index (κ1) is 26.4. The summed E-state index contributed by atoms with van der Waals surface area (Å²) >= 11 is 0. The molecule has 10 heteroatoms. The Hall–Kier alpha value is -3.24. The maximum atomic E-state index is 13.9. The summed E-state index contributed by atoms with van der Waals surface area (Å²) in [6, 6.07) is 6.71. The van der Waals surface area contributed by atoms with Gasteiger partial charge in [0.25, 0.3) is 5.91 Å². The van der Waals surface area contributed by atoms with E-state index in [0.717, 1.165) is 24.7 Å². The number of likely N-dealkylation sites (N-methyl/N-ethyl adjacent to an activating group) is 2. The van der Waals surface area contributed by atoms with Gasteiger partial charge in [-0.15, -0.1) is 0 Å². The Bertz CT molecular complexity index is 1070. The van der Waals surface area contributed by atoms with E-state index in [1.165, 1.54) is 6.07 Å². The predicted molar refractivity (Wildman–Crippen MR) is 130 cm³/mol. The average molecular weight is 491 g/mol. The van der Waals surface area contributed by atoms with Gasteiger partial charge in [-0.3, -0.25) is 9.69 Å². The van der Waals surface area contributed by atoms with Crippen molar-refractivity contribution in [2.45, 2.75) is 26.0 Å². The zero-order valence-corrected chi connectivity index (χ0v) is 20.6. The fraction of sp³-hybridized carbons (Fsp3) is 0.440. The van der Waals surface area contributed by atoms with Gasteiger partial charge < -0.3 is 25.0 Å². The molecule has 2 N–H and O–H groups in total. The molecule has 0 unspecified atom stereocenters. The van der Waals surface area contributed by atoms with E-state index in [2.05, 4.69) is 22.5 Å².